The van der Waals surface area contributed by atoms with Crippen molar-refractivity contribution in [1.82, 2.24) is 0 Å². The van der Waals surface area contributed by atoms with Crippen LogP contribution in [0.25, 0.3) is 0 Å². The van der Waals surface area contributed by atoms with Gasteiger partial charge in [-0.1, -0.05) is 6.58 Å². The minimum Gasteiger partial charge on any atom is -0.334 e. The van der Waals surface area contributed by atoms with Gasteiger partial charge in [-0.25, -0.2) is 0 Å². The first kappa shape index (κ1) is 7.33. The van der Waals surface area contributed by atoms with Crippen molar-refractivity contribution in [1.29, 1.82) is 0 Å². The van der Waals surface area contributed by atoms with Gasteiger partial charge in [-0.2, -0.15) is 0 Å². The summed E-state index contributed by atoms with van der Waals surface area (Å²) in [5, 5.41) is 0. The van der Waals surface area contributed by atoms with Crippen LogP contribution in [0.5, 0.6) is 0 Å². The quantitative estimate of drug-likeness (QED) is 0.389. The van der Waals surface area contributed by atoms with E-state index >= 15 is 0 Å². The average molecular weight is 136 g/mol. The van der Waals surface area contributed by atoms with Crippen molar-refractivity contribution in [2.24, 2.45) is 0 Å². The monoisotopic (exact) mass is 136 g/mol. The predicted octanol–water partition coefficient (Wildman–Crippen LogP) is 0.628. The largest absolute Gasteiger partial charge is 0.334 e. The lowest BCUT2D eigenvalue weighted by Gasteiger charge is -2.15. The number of ether oxygens (including phenoxy) is 2. The maximum Gasteiger partial charge on any atom is 0.254 e. The van der Waals surface area contributed by atoms with Crippen molar-refractivity contribution in [3.63, 3.8) is 0 Å². The van der Waals surface area contributed by atoms with Gasteiger partial charge in [-0.3, -0.25) is 0 Å². The molecule has 1 aliphatic heterocycles. The Hall–Kier alpha value is -0.780. The summed E-state index contributed by atoms with van der Waals surface area (Å²) in [5.74, 6) is 1.23. The van der Waals surface area contributed by atoms with Crippen LogP contribution in [-0.4, -0.2) is 18.5 Å². The second-order valence-corrected chi connectivity index (χ2v) is 1.98. The van der Waals surface area contributed by atoms with E-state index in [-0.39, 0.29) is 0 Å². The van der Waals surface area contributed by atoms with Crippen molar-refractivity contribution in [3.05, 3.63) is 19.6 Å². The summed E-state index contributed by atoms with van der Waals surface area (Å²) in [7, 11) is 0. The molecule has 2 atom stereocenters. The topological polar surface area (TPSA) is 18.5 Å². The first-order valence-electron chi connectivity index (χ1n) is 2.91. The molecule has 0 bridgehead atoms. The van der Waals surface area contributed by atoms with Gasteiger partial charge < -0.3 is 9.47 Å². The molecule has 1 saturated heterocycles. The molecule has 10 heavy (non-hydrogen) atoms. The molecule has 2 radical (unpaired) electrons. The normalized spacial score (nSPS) is 39.0. The summed E-state index contributed by atoms with van der Waals surface area (Å²) in [6.45, 7) is 9.16. The molecular formula is C8H8O2. The van der Waals surface area contributed by atoms with Crippen molar-refractivity contribution in [3.8, 4) is 12.3 Å². The highest BCUT2D eigenvalue weighted by Gasteiger charge is 2.35. The second-order valence-electron chi connectivity index (χ2n) is 1.98. The SMILES string of the molecule is [CH]C1COC(C#C)(C=C)O1. The Balaban J connectivity index is 2.71. The lowest BCUT2D eigenvalue weighted by atomic mass is 10.3. The Kier molecular flexibility index (Phi) is 1.80. The highest BCUT2D eigenvalue weighted by molar-refractivity contribution is 5.14. The zero-order valence-corrected chi connectivity index (χ0v) is 5.54. The van der Waals surface area contributed by atoms with Crippen molar-refractivity contribution < 1.29 is 9.47 Å². The Morgan fingerprint density at radius 1 is 1.80 bits per heavy atom. The third-order valence-electron chi connectivity index (χ3n) is 1.26. The van der Waals surface area contributed by atoms with Crippen LogP contribution < -0.4 is 0 Å². The number of terminal acetylenes is 1. The predicted molar refractivity (Wildman–Crippen MR) is 36.9 cm³/mol. The average Bonchev–Trinajstić information content (AvgIpc) is 2.33. The fourth-order valence-electron chi connectivity index (χ4n) is 0.741. The van der Waals surface area contributed by atoms with Gasteiger partial charge in [-0.05, 0) is 18.9 Å². The zero-order chi connectivity index (χ0) is 7.61. The van der Waals surface area contributed by atoms with Crippen LogP contribution in [0.2, 0.25) is 0 Å². The van der Waals surface area contributed by atoms with Crippen molar-refractivity contribution in [2.45, 2.75) is 11.9 Å². The Morgan fingerprint density at radius 2 is 2.50 bits per heavy atom. The lowest BCUT2D eigenvalue weighted by molar-refractivity contribution is -0.0744. The van der Waals surface area contributed by atoms with Crippen LogP contribution in [-0.2, 0) is 9.47 Å². The second kappa shape index (κ2) is 2.45. The van der Waals surface area contributed by atoms with E-state index in [1.54, 1.807) is 0 Å². The third kappa shape index (κ3) is 1.06. The van der Waals surface area contributed by atoms with Gasteiger partial charge in [0.2, 0.25) is 0 Å². The molecule has 1 fully saturated rings. The van der Waals surface area contributed by atoms with Gasteiger partial charge in [0, 0.05) is 0 Å². The molecular weight excluding hydrogens is 128 g/mol. The fourth-order valence-corrected chi connectivity index (χ4v) is 0.741. The Labute approximate surface area is 60.8 Å². The van der Waals surface area contributed by atoms with E-state index in [9.17, 15) is 0 Å². The van der Waals surface area contributed by atoms with Crippen LogP contribution in [0.3, 0.4) is 0 Å². The molecule has 1 rings (SSSR count). The third-order valence-corrected chi connectivity index (χ3v) is 1.26. The zero-order valence-electron chi connectivity index (χ0n) is 5.54. The summed E-state index contributed by atoms with van der Waals surface area (Å²) in [4.78, 5) is 0. The number of hydrogen-bond acceptors (Lipinski definition) is 2. The van der Waals surface area contributed by atoms with E-state index in [1.165, 1.54) is 6.08 Å². The van der Waals surface area contributed by atoms with E-state index in [2.05, 4.69) is 12.5 Å². The standard InChI is InChI=1S/C8H8O2/c1-4-8(5-2)9-6-7(3)10-8/h1,3,5,7H,2,6H2. The minimum absolute atomic E-state index is 0.316. The number of hydrogen-bond donors (Lipinski definition) is 0. The Morgan fingerprint density at radius 3 is 2.70 bits per heavy atom. The Bertz CT molecular complexity index is 180. The summed E-state index contributed by atoms with van der Waals surface area (Å²) in [5.41, 5.74) is 0. The maximum atomic E-state index is 5.37. The van der Waals surface area contributed by atoms with Gasteiger partial charge in [-0.15, -0.1) is 6.42 Å². The van der Waals surface area contributed by atoms with Crippen LogP contribution in [0.4, 0.5) is 0 Å². The summed E-state index contributed by atoms with van der Waals surface area (Å²) >= 11 is 0. The minimum atomic E-state index is -1.08. The first-order chi connectivity index (χ1) is 4.72. The molecule has 0 aromatic rings. The highest BCUT2D eigenvalue weighted by Crippen LogP contribution is 2.23. The lowest BCUT2D eigenvalue weighted by Crippen LogP contribution is -2.24. The van der Waals surface area contributed by atoms with Crippen molar-refractivity contribution >= 4 is 0 Å². The summed E-state index contributed by atoms with van der Waals surface area (Å²) < 4.78 is 10.1. The molecule has 1 aliphatic rings. The van der Waals surface area contributed by atoms with Crippen LogP contribution in [0.15, 0.2) is 12.7 Å². The summed E-state index contributed by atoms with van der Waals surface area (Å²) in [6, 6.07) is 0. The van der Waals surface area contributed by atoms with E-state index in [0.717, 1.165) is 0 Å². The summed E-state index contributed by atoms with van der Waals surface area (Å²) in [6.07, 6.45) is 6.10. The molecule has 0 amide bonds. The highest BCUT2D eigenvalue weighted by atomic mass is 16.7. The van der Waals surface area contributed by atoms with Gasteiger partial charge in [0.25, 0.3) is 5.79 Å². The van der Waals surface area contributed by atoms with Gasteiger partial charge in [0.05, 0.1) is 12.7 Å². The first-order valence-corrected chi connectivity index (χ1v) is 2.91. The molecule has 0 aromatic heterocycles. The van der Waals surface area contributed by atoms with Gasteiger partial charge in [0.1, 0.15) is 0 Å². The smallest absolute Gasteiger partial charge is 0.254 e. The molecule has 0 aliphatic carbocycles. The van der Waals surface area contributed by atoms with E-state index < -0.39 is 11.9 Å². The number of rotatable bonds is 1. The van der Waals surface area contributed by atoms with E-state index in [4.69, 9.17) is 22.8 Å². The molecule has 2 unspecified atom stereocenters. The molecule has 0 spiro atoms. The fraction of sp³-hybridized carbons (Fsp3) is 0.375. The van der Waals surface area contributed by atoms with E-state index in [0.29, 0.717) is 6.61 Å². The van der Waals surface area contributed by atoms with Gasteiger partial charge in [0.15, 0.2) is 0 Å². The molecule has 0 N–H and O–H groups in total. The van der Waals surface area contributed by atoms with E-state index in [1.807, 2.05) is 0 Å². The molecule has 2 heteroatoms. The van der Waals surface area contributed by atoms with Gasteiger partial charge >= 0.3 is 0 Å². The van der Waals surface area contributed by atoms with Crippen molar-refractivity contribution in [2.75, 3.05) is 6.61 Å². The van der Waals surface area contributed by atoms with Crippen LogP contribution in [0, 0.1) is 19.3 Å². The molecule has 1 heterocycles. The maximum absolute atomic E-state index is 5.37. The van der Waals surface area contributed by atoms with Crippen LogP contribution in [0.1, 0.15) is 0 Å². The molecule has 0 saturated carbocycles. The van der Waals surface area contributed by atoms with Crippen LogP contribution >= 0.6 is 0 Å². The molecule has 52 valence electrons. The molecule has 0 aromatic carbocycles. The molecule has 2 nitrogen and oxygen atoms in total.